The average Bonchev–Trinajstić information content (AvgIpc) is 2.86. The molecule has 1 amide bonds. The van der Waals surface area contributed by atoms with Crippen molar-refractivity contribution < 1.29 is 9.53 Å². The predicted molar refractivity (Wildman–Crippen MR) is 81.4 cm³/mol. The van der Waals surface area contributed by atoms with Gasteiger partial charge in [0.15, 0.2) is 5.65 Å². The summed E-state index contributed by atoms with van der Waals surface area (Å²) >= 11 is 0. The van der Waals surface area contributed by atoms with Crippen molar-refractivity contribution >= 4 is 17.2 Å². The van der Waals surface area contributed by atoms with Crippen LogP contribution < -0.4 is 15.6 Å². The molecule has 2 aromatic heterocycles. The first-order chi connectivity index (χ1) is 10.6. The number of aromatic nitrogens is 3. The first kappa shape index (κ1) is 13.9. The maximum Gasteiger partial charge on any atom is 0.273 e. The van der Waals surface area contributed by atoms with Crippen LogP contribution in [-0.4, -0.2) is 27.2 Å². The number of aryl methyl sites for hydroxylation is 1. The van der Waals surface area contributed by atoms with Crippen LogP contribution in [0.5, 0.6) is 5.75 Å². The van der Waals surface area contributed by atoms with Crippen LogP contribution in [0.1, 0.15) is 10.5 Å². The number of methoxy groups -OCH3 is 1. The van der Waals surface area contributed by atoms with E-state index in [4.69, 9.17) is 4.74 Å². The molecule has 0 saturated heterocycles. The number of carbonyl (C=O) groups excluding carboxylic acids is 1. The Kier molecular flexibility index (Phi) is 3.38. The number of amides is 1. The van der Waals surface area contributed by atoms with E-state index in [1.165, 1.54) is 21.5 Å². The predicted octanol–water partition coefficient (Wildman–Crippen LogP) is 1.29. The Labute approximate surface area is 125 Å². The number of hydrogen-bond acceptors (Lipinski definition) is 4. The highest BCUT2D eigenvalue weighted by Crippen LogP contribution is 2.16. The second-order valence-electron chi connectivity index (χ2n) is 4.69. The number of nitrogens with zero attached hydrogens (tertiary/aromatic N) is 3. The minimum atomic E-state index is -0.322. The van der Waals surface area contributed by atoms with Crippen LogP contribution in [0.4, 0.5) is 5.69 Å². The van der Waals surface area contributed by atoms with Gasteiger partial charge in [-0.25, -0.2) is 4.98 Å². The second-order valence-corrected chi connectivity index (χ2v) is 4.69. The van der Waals surface area contributed by atoms with Crippen LogP contribution >= 0.6 is 0 Å². The molecule has 3 aromatic rings. The fraction of sp³-hybridized carbons (Fsp3) is 0.133. The van der Waals surface area contributed by atoms with Crippen LogP contribution in [-0.2, 0) is 7.05 Å². The van der Waals surface area contributed by atoms with Crippen LogP contribution in [0.3, 0.4) is 0 Å². The molecule has 0 radical (unpaired) electrons. The van der Waals surface area contributed by atoms with E-state index >= 15 is 0 Å². The van der Waals surface area contributed by atoms with Crippen LogP contribution in [0.2, 0.25) is 0 Å². The summed E-state index contributed by atoms with van der Waals surface area (Å²) < 4.78 is 7.88. The zero-order chi connectivity index (χ0) is 15.7. The summed E-state index contributed by atoms with van der Waals surface area (Å²) in [6, 6.07) is 9.90. The highest BCUT2D eigenvalue weighted by atomic mass is 16.5. The molecule has 7 heteroatoms. The van der Waals surface area contributed by atoms with Crippen molar-refractivity contribution in [3.63, 3.8) is 0 Å². The van der Waals surface area contributed by atoms with Gasteiger partial charge in [-0.3, -0.25) is 14.3 Å². The molecule has 7 nitrogen and oxygen atoms in total. The van der Waals surface area contributed by atoms with Gasteiger partial charge in [0, 0.05) is 31.1 Å². The van der Waals surface area contributed by atoms with E-state index in [1.54, 1.807) is 44.5 Å². The van der Waals surface area contributed by atoms with Gasteiger partial charge in [-0.2, -0.15) is 4.52 Å². The lowest BCUT2D eigenvalue weighted by Crippen LogP contribution is -2.22. The molecule has 0 bridgehead atoms. The van der Waals surface area contributed by atoms with Gasteiger partial charge in [0.05, 0.1) is 7.11 Å². The van der Waals surface area contributed by atoms with Crippen LogP contribution in [0, 0.1) is 0 Å². The van der Waals surface area contributed by atoms with Gasteiger partial charge in [-0.05, 0) is 24.3 Å². The summed E-state index contributed by atoms with van der Waals surface area (Å²) in [6.45, 7) is 0. The van der Waals surface area contributed by atoms with E-state index in [0.717, 1.165) is 0 Å². The molecular formula is C15H14N4O3. The molecule has 0 aliphatic rings. The maximum absolute atomic E-state index is 12.4. The molecule has 0 atom stereocenters. The number of fused-ring (bicyclic) bond motifs is 1. The number of nitrogens with one attached hydrogen (secondary N) is 1. The Morgan fingerprint density at radius 3 is 2.59 bits per heavy atom. The number of hydrogen-bond donors (Lipinski definition) is 1. The molecule has 3 rings (SSSR count). The number of rotatable bonds is 3. The molecule has 1 N–H and O–H groups in total. The Hall–Kier alpha value is -3.09. The van der Waals surface area contributed by atoms with E-state index in [1.807, 2.05) is 0 Å². The quantitative estimate of drug-likeness (QED) is 0.790. The maximum atomic E-state index is 12.4. The minimum Gasteiger partial charge on any atom is -0.497 e. The molecule has 112 valence electrons. The van der Waals surface area contributed by atoms with Crippen molar-refractivity contribution in [3.05, 3.63) is 58.6 Å². The van der Waals surface area contributed by atoms with Crippen molar-refractivity contribution in [1.29, 1.82) is 0 Å². The first-order valence-electron chi connectivity index (χ1n) is 6.59. The topological polar surface area (TPSA) is 77.6 Å². The Balaban J connectivity index is 1.93. The monoisotopic (exact) mass is 298 g/mol. The number of benzene rings is 1. The molecule has 0 spiro atoms. The van der Waals surface area contributed by atoms with E-state index in [0.29, 0.717) is 22.8 Å². The Morgan fingerprint density at radius 1 is 1.23 bits per heavy atom. The smallest absolute Gasteiger partial charge is 0.273 e. The number of ether oxygens (including phenoxy) is 1. The Bertz CT molecular complexity index is 893. The van der Waals surface area contributed by atoms with Crippen molar-refractivity contribution in [2.45, 2.75) is 0 Å². The zero-order valence-electron chi connectivity index (χ0n) is 12.1. The van der Waals surface area contributed by atoms with Gasteiger partial charge in [0.1, 0.15) is 11.4 Å². The molecule has 0 saturated carbocycles. The minimum absolute atomic E-state index is 0.240. The first-order valence-corrected chi connectivity index (χ1v) is 6.59. The zero-order valence-corrected chi connectivity index (χ0v) is 12.1. The summed E-state index contributed by atoms with van der Waals surface area (Å²) in [5.74, 6) is 0.385. The molecule has 0 aliphatic carbocycles. The van der Waals surface area contributed by atoms with Crippen LogP contribution in [0.15, 0.2) is 47.4 Å². The lowest BCUT2D eigenvalue weighted by molar-refractivity contribution is 0.101. The van der Waals surface area contributed by atoms with Gasteiger partial charge < -0.3 is 10.1 Å². The summed E-state index contributed by atoms with van der Waals surface area (Å²) in [7, 11) is 3.22. The summed E-state index contributed by atoms with van der Waals surface area (Å²) in [4.78, 5) is 28.3. The second kappa shape index (κ2) is 5.36. The van der Waals surface area contributed by atoms with E-state index in [9.17, 15) is 9.59 Å². The van der Waals surface area contributed by atoms with Gasteiger partial charge in [-0.1, -0.05) is 0 Å². The summed E-state index contributed by atoms with van der Waals surface area (Å²) in [5.41, 5.74) is 1.16. The van der Waals surface area contributed by atoms with Gasteiger partial charge >= 0.3 is 0 Å². The lowest BCUT2D eigenvalue weighted by Gasteiger charge is -2.07. The molecule has 2 heterocycles. The normalized spacial score (nSPS) is 10.6. The van der Waals surface area contributed by atoms with Crippen molar-refractivity contribution in [2.24, 2.45) is 7.05 Å². The molecule has 22 heavy (non-hydrogen) atoms. The van der Waals surface area contributed by atoms with Gasteiger partial charge in [-0.15, -0.1) is 0 Å². The third kappa shape index (κ3) is 2.32. The largest absolute Gasteiger partial charge is 0.497 e. The summed E-state index contributed by atoms with van der Waals surface area (Å²) in [6.07, 6.45) is 1.42. The van der Waals surface area contributed by atoms with Gasteiger partial charge in [0.25, 0.3) is 11.5 Å². The number of anilines is 1. The molecule has 1 aromatic carbocycles. The fourth-order valence-corrected chi connectivity index (χ4v) is 2.22. The molecule has 0 aliphatic heterocycles. The fourth-order valence-electron chi connectivity index (χ4n) is 2.22. The van der Waals surface area contributed by atoms with Crippen molar-refractivity contribution in [3.8, 4) is 5.75 Å². The Morgan fingerprint density at radius 2 is 1.95 bits per heavy atom. The third-order valence-corrected chi connectivity index (χ3v) is 3.34. The lowest BCUT2D eigenvalue weighted by atomic mass is 10.3. The average molecular weight is 298 g/mol. The van der Waals surface area contributed by atoms with Crippen LogP contribution in [0.25, 0.3) is 5.65 Å². The SMILES string of the molecule is COc1ccc(NC(=O)c2cc3nccc(=O)n3n2C)cc1. The molecular weight excluding hydrogens is 284 g/mol. The third-order valence-electron chi connectivity index (χ3n) is 3.34. The highest BCUT2D eigenvalue weighted by molar-refractivity contribution is 6.03. The van der Waals surface area contributed by atoms with Crippen molar-refractivity contribution in [2.75, 3.05) is 12.4 Å². The van der Waals surface area contributed by atoms with Gasteiger partial charge in [0.2, 0.25) is 0 Å². The number of carbonyl (C=O) groups is 1. The van der Waals surface area contributed by atoms with E-state index < -0.39 is 0 Å². The standard InChI is InChI=1S/C15H14N4O3/c1-18-12(9-13-16-8-7-14(20)19(13)18)15(21)17-10-3-5-11(22-2)6-4-10/h3-9H,1-2H3,(H,17,21). The molecule has 0 fully saturated rings. The highest BCUT2D eigenvalue weighted by Gasteiger charge is 2.15. The van der Waals surface area contributed by atoms with E-state index in [2.05, 4.69) is 10.3 Å². The van der Waals surface area contributed by atoms with Crippen molar-refractivity contribution in [1.82, 2.24) is 14.2 Å². The summed E-state index contributed by atoms with van der Waals surface area (Å²) in [5, 5.41) is 2.77. The molecule has 0 unspecified atom stereocenters. The van der Waals surface area contributed by atoms with E-state index in [-0.39, 0.29) is 11.5 Å².